The fraction of sp³-hybridized carbons (Fsp3) is 1.00. The molecule has 1 rings (SSSR count). The zero-order valence-corrected chi connectivity index (χ0v) is 7.38. The van der Waals surface area contributed by atoms with Gasteiger partial charge in [0.2, 0.25) is 0 Å². The Bertz CT molecular complexity index is 102. The second-order valence-corrected chi connectivity index (χ2v) is 2.95. The molecule has 3 nitrogen and oxygen atoms in total. The normalized spacial score (nSPS) is 23.5. The molecule has 1 saturated heterocycles. The van der Waals surface area contributed by atoms with Crippen LogP contribution in [0.25, 0.3) is 0 Å². The van der Waals surface area contributed by atoms with Gasteiger partial charge in [-0.25, -0.2) is 0 Å². The summed E-state index contributed by atoms with van der Waals surface area (Å²) in [5.41, 5.74) is 0. The van der Waals surface area contributed by atoms with Gasteiger partial charge in [0, 0.05) is 26.2 Å². The van der Waals surface area contributed by atoms with Gasteiger partial charge in [-0.05, 0) is 6.92 Å². The Labute approximate surface area is 68.3 Å². The average molecular weight is 159 g/mol. The van der Waals surface area contributed by atoms with Crippen molar-refractivity contribution in [2.75, 3.05) is 40.0 Å². The third-order valence-electron chi connectivity index (χ3n) is 2.08. The quantitative estimate of drug-likeness (QED) is 0.593. The molecule has 1 heterocycles. The van der Waals surface area contributed by atoms with Crippen LogP contribution in [-0.2, 0) is 9.47 Å². The van der Waals surface area contributed by atoms with Crippen LogP contribution in [0.5, 0.6) is 0 Å². The zero-order valence-electron chi connectivity index (χ0n) is 7.38. The van der Waals surface area contributed by atoms with E-state index >= 15 is 0 Å². The molecule has 66 valence electrons. The number of hydrogen-bond donors (Lipinski definition) is 0. The van der Waals surface area contributed by atoms with E-state index < -0.39 is 0 Å². The van der Waals surface area contributed by atoms with Crippen molar-refractivity contribution in [3.05, 3.63) is 0 Å². The lowest BCUT2D eigenvalue weighted by Gasteiger charge is -2.31. The second kappa shape index (κ2) is 4.70. The summed E-state index contributed by atoms with van der Waals surface area (Å²) in [5, 5.41) is 0. The van der Waals surface area contributed by atoms with Gasteiger partial charge in [0.05, 0.1) is 19.8 Å². The topological polar surface area (TPSA) is 21.7 Å². The van der Waals surface area contributed by atoms with E-state index in [4.69, 9.17) is 9.47 Å². The molecule has 3 heteroatoms. The maximum atomic E-state index is 5.25. The highest BCUT2D eigenvalue weighted by Gasteiger charge is 2.15. The van der Waals surface area contributed by atoms with Crippen molar-refractivity contribution in [2.24, 2.45) is 0 Å². The van der Waals surface area contributed by atoms with E-state index in [0.717, 1.165) is 32.9 Å². The van der Waals surface area contributed by atoms with Gasteiger partial charge in [0.25, 0.3) is 0 Å². The SMILES string of the molecule is COCC(C)N1CCOCC1. The van der Waals surface area contributed by atoms with Crippen LogP contribution in [0.4, 0.5) is 0 Å². The summed E-state index contributed by atoms with van der Waals surface area (Å²) >= 11 is 0. The molecule has 1 fully saturated rings. The van der Waals surface area contributed by atoms with Crippen molar-refractivity contribution in [1.82, 2.24) is 4.90 Å². The van der Waals surface area contributed by atoms with E-state index in [1.54, 1.807) is 7.11 Å². The van der Waals surface area contributed by atoms with Gasteiger partial charge in [-0.2, -0.15) is 0 Å². The smallest absolute Gasteiger partial charge is 0.0615 e. The van der Waals surface area contributed by atoms with Crippen LogP contribution < -0.4 is 0 Å². The Hall–Kier alpha value is -0.120. The number of nitrogens with zero attached hydrogens (tertiary/aromatic N) is 1. The molecule has 1 aliphatic heterocycles. The minimum atomic E-state index is 0.531. The van der Waals surface area contributed by atoms with E-state index in [1.807, 2.05) is 0 Å². The van der Waals surface area contributed by atoms with Gasteiger partial charge in [-0.15, -0.1) is 0 Å². The van der Waals surface area contributed by atoms with E-state index in [9.17, 15) is 0 Å². The first kappa shape index (κ1) is 8.97. The third kappa shape index (κ3) is 2.77. The van der Waals surface area contributed by atoms with E-state index in [2.05, 4.69) is 11.8 Å². The van der Waals surface area contributed by atoms with Gasteiger partial charge in [0.15, 0.2) is 0 Å². The molecule has 0 aromatic carbocycles. The Balaban J connectivity index is 2.21. The highest BCUT2D eigenvalue weighted by molar-refractivity contribution is 4.68. The molecule has 0 aromatic rings. The van der Waals surface area contributed by atoms with Crippen molar-refractivity contribution >= 4 is 0 Å². The third-order valence-corrected chi connectivity index (χ3v) is 2.08. The molecule has 1 atom stereocenters. The summed E-state index contributed by atoms with van der Waals surface area (Å²) < 4.78 is 10.3. The first-order chi connectivity index (χ1) is 5.34. The van der Waals surface area contributed by atoms with Crippen LogP contribution in [0, 0.1) is 0 Å². The van der Waals surface area contributed by atoms with Crippen LogP contribution in [0.3, 0.4) is 0 Å². The van der Waals surface area contributed by atoms with E-state index in [0.29, 0.717) is 6.04 Å². The summed E-state index contributed by atoms with van der Waals surface area (Å²) in [4.78, 5) is 2.40. The lowest BCUT2D eigenvalue weighted by molar-refractivity contribution is 0.00189. The van der Waals surface area contributed by atoms with E-state index in [-0.39, 0.29) is 0 Å². The number of rotatable bonds is 3. The molecule has 0 N–H and O–H groups in total. The molecule has 11 heavy (non-hydrogen) atoms. The number of morpholine rings is 1. The van der Waals surface area contributed by atoms with Gasteiger partial charge in [-0.1, -0.05) is 0 Å². The molecule has 1 aliphatic rings. The van der Waals surface area contributed by atoms with Crippen molar-refractivity contribution in [1.29, 1.82) is 0 Å². The number of ether oxygens (including phenoxy) is 2. The predicted molar refractivity (Wildman–Crippen MR) is 43.7 cm³/mol. The van der Waals surface area contributed by atoms with Crippen molar-refractivity contribution < 1.29 is 9.47 Å². The maximum Gasteiger partial charge on any atom is 0.0615 e. The van der Waals surface area contributed by atoms with Crippen LogP contribution in [-0.4, -0.2) is 51.0 Å². The monoisotopic (exact) mass is 159 g/mol. The summed E-state index contributed by atoms with van der Waals surface area (Å²) in [6.45, 7) is 6.84. The fourth-order valence-electron chi connectivity index (χ4n) is 1.36. The Morgan fingerprint density at radius 3 is 2.64 bits per heavy atom. The molecule has 1 unspecified atom stereocenters. The summed E-state index contributed by atoms with van der Waals surface area (Å²) in [7, 11) is 1.75. The van der Waals surface area contributed by atoms with E-state index in [1.165, 1.54) is 0 Å². The lowest BCUT2D eigenvalue weighted by atomic mass is 10.3. The molecule has 0 radical (unpaired) electrons. The number of methoxy groups -OCH3 is 1. The summed E-state index contributed by atoms with van der Waals surface area (Å²) in [5.74, 6) is 0. The van der Waals surface area contributed by atoms with Crippen molar-refractivity contribution in [2.45, 2.75) is 13.0 Å². The Kier molecular flexibility index (Phi) is 3.83. The summed E-state index contributed by atoms with van der Waals surface area (Å²) in [6.07, 6.45) is 0. The fourth-order valence-corrected chi connectivity index (χ4v) is 1.36. The Morgan fingerprint density at radius 2 is 2.09 bits per heavy atom. The van der Waals surface area contributed by atoms with Gasteiger partial charge >= 0.3 is 0 Å². The molecular weight excluding hydrogens is 142 g/mol. The van der Waals surface area contributed by atoms with Crippen molar-refractivity contribution in [3.8, 4) is 0 Å². The molecular formula is C8H17NO2. The molecule has 0 spiro atoms. The number of hydrogen-bond acceptors (Lipinski definition) is 3. The minimum Gasteiger partial charge on any atom is -0.383 e. The standard InChI is InChI=1S/C8H17NO2/c1-8(7-10-2)9-3-5-11-6-4-9/h8H,3-7H2,1-2H3. The molecule has 0 saturated carbocycles. The molecule has 0 bridgehead atoms. The molecule has 0 amide bonds. The van der Waals surface area contributed by atoms with Gasteiger partial charge < -0.3 is 9.47 Å². The predicted octanol–water partition coefficient (Wildman–Crippen LogP) is 0.354. The summed E-state index contributed by atoms with van der Waals surface area (Å²) in [6, 6.07) is 0.531. The first-order valence-electron chi connectivity index (χ1n) is 4.15. The van der Waals surface area contributed by atoms with Crippen LogP contribution >= 0.6 is 0 Å². The second-order valence-electron chi connectivity index (χ2n) is 2.95. The van der Waals surface area contributed by atoms with Crippen LogP contribution in [0.1, 0.15) is 6.92 Å². The van der Waals surface area contributed by atoms with Gasteiger partial charge in [0.1, 0.15) is 0 Å². The molecule has 0 aromatic heterocycles. The highest BCUT2D eigenvalue weighted by atomic mass is 16.5. The van der Waals surface area contributed by atoms with Crippen LogP contribution in [0.15, 0.2) is 0 Å². The Morgan fingerprint density at radius 1 is 1.45 bits per heavy atom. The largest absolute Gasteiger partial charge is 0.383 e. The lowest BCUT2D eigenvalue weighted by Crippen LogP contribution is -2.43. The van der Waals surface area contributed by atoms with Gasteiger partial charge in [-0.3, -0.25) is 4.90 Å². The highest BCUT2D eigenvalue weighted by Crippen LogP contribution is 2.02. The molecule has 0 aliphatic carbocycles. The van der Waals surface area contributed by atoms with Crippen molar-refractivity contribution in [3.63, 3.8) is 0 Å². The minimum absolute atomic E-state index is 0.531. The maximum absolute atomic E-state index is 5.25. The van der Waals surface area contributed by atoms with Crippen LogP contribution in [0.2, 0.25) is 0 Å². The average Bonchev–Trinajstić information content (AvgIpc) is 2.07. The first-order valence-corrected chi connectivity index (χ1v) is 4.15. The zero-order chi connectivity index (χ0) is 8.10.